The first kappa shape index (κ1) is 41.2. The summed E-state index contributed by atoms with van der Waals surface area (Å²) in [5.41, 5.74) is 5.35. The highest BCUT2D eigenvalue weighted by molar-refractivity contribution is 6.19. The van der Waals surface area contributed by atoms with Gasteiger partial charge in [-0.3, -0.25) is 14.5 Å². The zero-order chi connectivity index (χ0) is 40.4. The number of esters is 1. The number of rotatable bonds is 15. The average molecular weight is 760 g/mol. The number of anilines is 2. The first-order valence-electron chi connectivity index (χ1n) is 19.0. The average Bonchev–Trinajstić information content (AvgIpc) is 3.54. The van der Waals surface area contributed by atoms with E-state index in [-0.39, 0.29) is 29.9 Å². The summed E-state index contributed by atoms with van der Waals surface area (Å²) < 4.78 is 10.3. The van der Waals surface area contributed by atoms with Crippen molar-refractivity contribution in [2.75, 3.05) is 37.9 Å². The Labute approximate surface area is 329 Å². The minimum Gasteiger partial charge on any atom is -0.465 e. The Balaban J connectivity index is 1.22. The third kappa shape index (κ3) is 11.3. The van der Waals surface area contributed by atoms with Crippen LogP contribution in [0, 0.1) is 0 Å². The van der Waals surface area contributed by atoms with Gasteiger partial charge in [0.05, 0.1) is 18.2 Å². The molecule has 0 fully saturated rings. The number of ether oxygens (including phenoxy) is 2. The molecule has 0 saturated carbocycles. The van der Waals surface area contributed by atoms with E-state index in [1.165, 1.54) is 7.11 Å². The molecule has 4 aromatic carbocycles. The molecule has 56 heavy (non-hydrogen) atoms. The summed E-state index contributed by atoms with van der Waals surface area (Å²) in [7, 11) is 3.10. The van der Waals surface area contributed by atoms with Crippen LogP contribution in [0.2, 0.25) is 0 Å². The molecule has 11 nitrogen and oxygen atoms in total. The van der Waals surface area contributed by atoms with Gasteiger partial charge in [0.1, 0.15) is 11.4 Å². The highest BCUT2D eigenvalue weighted by atomic mass is 16.6. The summed E-state index contributed by atoms with van der Waals surface area (Å²) in [6, 6.07) is 30.3. The van der Waals surface area contributed by atoms with Crippen molar-refractivity contribution in [1.82, 2.24) is 14.8 Å². The molecule has 11 heteroatoms. The van der Waals surface area contributed by atoms with Crippen molar-refractivity contribution in [2.24, 2.45) is 0 Å². The van der Waals surface area contributed by atoms with Gasteiger partial charge in [0.25, 0.3) is 11.8 Å². The van der Waals surface area contributed by atoms with Gasteiger partial charge in [-0.2, -0.15) is 0 Å². The summed E-state index contributed by atoms with van der Waals surface area (Å²) in [4.78, 5) is 58.8. The number of nitrogens with zero attached hydrogens (tertiary/aromatic N) is 2. The van der Waals surface area contributed by atoms with Crippen molar-refractivity contribution >= 4 is 46.3 Å². The fraction of sp³-hybridized carbons (Fsp3) is 0.333. The molecule has 3 N–H and O–H groups in total. The minimum atomic E-state index is -0.568. The maximum Gasteiger partial charge on any atom is 0.410 e. The molecule has 5 rings (SSSR count). The fourth-order valence-electron chi connectivity index (χ4n) is 6.30. The van der Waals surface area contributed by atoms with E-state index in [9.17, 15) is 19.2 Å². The van der Waals surface area contributed by atoms with Crippen LogP contribution in [0.3, 0.4) is 0 Å². The maximum atomic E-state index is 13.8. The lowest BCUT2D eigenvalue weighted by atomic mass is 10.0. The van der Waals surface area contributed by atoms with Crippen LogP contribution in [0.1, 0.15) is 88.8 Å². The summed E-state index contributed by atoms with van der Waals surface area (Å²) >= 11 is 0. The second kappa shape index (κ2) is 18.6. The van der Waals surface area contributed by atoms with Gasteiger partial charge >= 0.3 is 12.1 Å². The van der Waals surface area contributed by atoms with Gasteiger partial charge in [-0.25, -0.2) is 9.59 Å². The van der Waals surface area contributed by atoms with Gasteiger partial charge < -0.3 is 30.0 Å². The van der Waals surface area contributed by atoms with Gasteiger partial charge in [-0.15, -0.1) is 0 Å². The molecule has 0 atom stereocenters. The molecule has 0 aliphatic heterocycles. The third-order valence-electron chi connectivity index (χ3n) is 9.42. The number of methoxy groups -OCH3 is 1. The molecule has 5 aromatic rings. The molecule has 1 aromatic heterocycles. The Morgan fingerprint density at radius 2 is 1.41 bits per heavy atom. The van der Waals surface area contributed by atoms with E-state index in [1.54, 1.807) is 30.1 Å². The van der Waals surface area contributed by atoms with Gasteiger partial charge in [-0.1, -0.05) is 54.6 Å². The van der Waals surface area contributed by atoms with E-state index in [1.807, 2.05) is 99.6 Å². The van der Waals surface area contributed by atoms with Gasteiger partial charge in [0, 0.05) is 54.9 Å². The number of fused-ring (bicyclic) bond motifs is 1. The Bertz CT molecular complexity index is 2130. The highest BCUT2D eigenvalue weighted by Gasteiger charge is 2.23. The number of carbonyl (C=O) groups is 4. The molecule has 0 aliphatic carbocycles. The smallest absolute Gasteiger partial charge is 0.410 e. The molecule has 0 aliphatic rings. The van der Waals surface area contributed by atoms with Crippen LogP contribution < -0.4 is 10.6 Å². The van der Waals surface area contributed by atoms with E-state index in [0.717, 1.165) is 41.5 Å². The van der Waals surface area contributed by atoms with Crippen molar-refractivity contribution < 1.29 is 28.7 Å². The van der Waals surface area contributed by atoms with E-state index >= 15 is 0 Å². The lowest BCUT2D eigenvalue weighted by Crippen LogP contribution is -2.41. The molecule has 0 spiro atoms. The second-order valence-corrected chi connectivity index (χ2v) is 15.2. The maximum absolute atomic E-state index is 13.8. The summed E-state index contributed by atoms with van der Waals surface area (Å²) in [5.74, 6) is -0.736. The fourth-order valence-corrected chi connectivity index (χ4v) is 6.30. The second-order valence-electron chi connectivity index (χ2n) is 15.2. The Morgan fingerprint density at radius 1 is 0.750 bits per heavy atom. The number of carbonyl (C=O) groups excluding carboxylic acids is 4. The van der Waals surface area contributed by atoms with Crippen LogP contribution in [0.25, 0.3) is 10.9 Å². The zero-order valence-electron chi connectivity index (χ0n) is 33.4. The minimum absolute atomic E-state index is 0.188. The highest BCUT2D eigenvalue weighted by Crippen LogP contribution is 2.28. The number of hydrogen-bond acceptors (Lipinski definition) is 7. The molecule has 0 saturated heterocycles. The number of amides is 3. The Morgan fingerprint density at radius 3 is 2.05 bits per heavy atom. The van der Waals surface area contributed by atoms with Crippen molar-refractivity contribution in [1.29, 1.82) is 0 Å². The van der Waals surface area contributed by atoms with E-state index in [0.29, 0.717) is 53.2 Å². The number of aryl methyl sites for hydroxylation is 2. The molecular formula is C45H53N5O6. The number of likely N-dealkylation sites (N-methyl/N-ethyl adjacent to an activating group) is 1. The first-order valence-corrected chi connectivity index (χ1v) is 19.0. The predicted octanol–water partition coefficient (Wildman–Crippen LogP) is 8.71. The van der Waals surface area contributed by atoms with E-state index < -0.39 is 5.60 Å². The van der Waals surface area contributed by atoms with Gasteiger partial charge in [0.15, 0.2) is 0 Å². The van der Waals surface area contributed by atoms with Crippen molar-refractivity contribution in [3.63, 3.8) is 0 Å². The van der Waals surface area contributed by atoms with Crippen LogP contribution in [0.5, 0.6) is 0 Å². The number of hydrogen-bond donors (Lipinski definition) is 3. The van der Waals surface area contributed by atoms with Crippen LogP contribution in [-0.4, -0.2) is 77.6 Å². The zero-order valence-corrected chi connectivity index (χ0v) is 33.4. The molecule has 1 heterocycles. The molecule has 294 valence electrons. The largest absolute Gasteiger partial charge is 0.465 e. The number of aromatic amines is 1. The molecule has 0 bridgehead atoms. The normalized spacial score (nSPS) is 11.4. The number of H-pyrrole nitrogens is 1. The topological polar surface area (TPSA) is 133 Å². The molecular weight excluding hydrogens is 707 g/mol. The van der Waals surface area contributed by atoms with Crippen molar-refractivity contribution in [3.8, 4) is 0 Å². The summed E-state index contributed by atoms with van der Waals surface area (Å²) in [6.45, 7) is 11.4. The quantitative estimate of drug-likeness (QED) is 0.0910. The van der Waals surface area contributed by atoms with E-state index in [2.05, 4.69) is 34.4 Å². The molecule has 0 unspecified atom stereocenters. The Hall–Kier alpha value is -5.94. The monoisotopic (exact) mass is 759 g/mol. The van der Waals surface area contributed by atoms with Crippen molar-refractivity contribution in [3.05, 3.63) is 130 Å². The van der Waals surface area contributed by atoms with Gasteiger partial charge in [0.2, 0.25) is 0 Å². The molecule has 0 radical (unpaired) electrons. The predicted molar refractivity (Wildman–Crippen MR) is 221 cm³/mol. The van der Waals surface area contributed by atoms with E-state index in [4.69, 9.17) is 9.47 Å². The van der Waals surface area contributed by atoms with Crippen molar-refractivity contribution in [2.45, 2.75) is 72.1 Å². The number of para-hydroxylation sites is 1. The number of benzene rings is 4. The van der Waals surface area contributed by atoms with Crippen LogP contribution >= 0.6 is 0 Å². The lowest BCUT2D eigenvalue weighted by Gasteiger charge is -2.30. The lowest BCUT2D eigenvalue weighted by molar-refractivity contribution is 0.0274. The van der Waals surface area contributed by atoms with Crippen LogP contribution in [0.15, 0.2) is 97.1 Å². The summed E-state index contributed by atoms with van der Waals surface area (Å²) in [5, 5.41) is 6.67. The standard InChI is InChI=1S/C45H53N5O6/c1-30(2)50(27-26-49(6)44(54)56-45(3,4)5)29-33-14-11-15-35(28-33)41(51)48-40-39(37-16-8-9-17-38(37)47-40)42(52)46-36-24-20-32(21-25-36)13-10-12-31-18-22-34(23-19-31)43(53)55-7/h8-9,11,14-25,28,30,47H,10,12-13,26-27,29H2,1-7H3,(H,46,52)(H,48,51). The first-order chi connectivity index (χ1) is 26.7. The number of aromatic nitrogens is 1. The number of nitrogens with one attached hydrogen (secondary N) is 3. The van der Waals surface area contributed by atoms with Crippen LogP contribution in [-0.2, 0) is 28.9 Å². The third-order valence-corrected chi connectivity index (χ3v) is 9.42. The summed E-state index contributed by atoms with van der Waals surface area (Å²) in [6.07, 6.45) is 2.28. The van der Waals surface area contributed by atoms with Gasteiger partial charge in [-0.05, 0) is 113 Å². The SMILES string of the molecule is COC(=O)c1ccc(CCCc2ccc(NC(=O)c3c(NC(=O)c4cccc(CN(CCN(C)C(=O)OC(C)(C)C)C(C)C)c4)[nH]c4ccccc34)cc2)cc1. The van der Waals surface area contributed by atoms with Crippen LogP contribution in [0.4, 0.5) is 16.3 Å². The Kier molecular flexibility index (Phi) is 13.7. The molecule has 3 amide bonds.